The van der Waals surface area contributed by atoms with E-state index in [0.29, 0.717) is 18.1 Å². The van der Waals surface area contributed by atoms with Gasteiger partial charge >= 0.3 is 0 Å². The molecule has 0 saturated carbocycles. The van der Waals surface area contributed by atoms with Crippen LogP contribution in [0.25, 0.3) is 0 Å². The molecule has 1 aromatic rings. The molecule has 63 valence electrons. The van der Waals surface area contributed by atoms with Crippen molar-refractivity contribution in [3.63, 3.8) is 0 Å². The smallest absolute Gasteiger partial charge is 0.103 e. The Labute approximate surface area is 96.1 Å². The van der Waals surface area contributed by atoms with Crippen LogP contribution in [0.4, 0.5) is 0 Å². The summed E-state index contributed by atoms with van der Waals surface area (Å²) in [5.41, 5.74) is 5.71. The molecule has 0 aromatic carbocycles. The summed E-state index contributed by atoms with van der Waals surface area (Å²) in [5.74, 6) is 0.661. The van der Waals surface area contributed by atoms with Crippen molar-refractivity contribution >= 4 is 0 Å². The van der Waals surface area contributed by atoms with Crippen LogP contribution in [0, 0.1) is 13.0 Å². The summed E-state index contributed by atoms with van der Waals surface area (Å²) in [6.07, 6.45) is 0. The fraction of sp³-hybridized carbons (Fsp3) is 0.429. The largest absolute Gasteiger partial charge is 0.380 e. The van der Waals surface area contributed by atoms with Gasteiger partial charge in [0.25, 0.3) is 0 Å². The third-order valence-electron chi connectivity index (χ3n) is 1.60. The van der Waals surface area contributed by atoms with Crippen LogP contribution < -0.4 is 11.3 Å². The fourth-order valence-corrected chi connectivity index (χ4v) is 0.840. The third-order valence-corrected chi connectivity index (χ3v) is 1.60. The molecule has 1 radical (unpaired) electrons. The maximum Gasteiger partial charge on any atom is 0.103 e. The Morgan fingerprint density at radius 3 is 2.75 bits per heavy atom. The molecule has 0 bridgehead atoms. The van der Waals surface area contributed by atoms with Gasteiger partial charge in [0, 0.05) is 39.8 Å². The zero-order valence-electron chi connectivity index (χ0n) is 7.16. The van der Waals surface area contributed by atoms with Crippen LogP contribution in [0.2, 0.25) is 0 Å². The molecule has 12 heavy (non-hydrogen) atoms. The number of rotatable bonds is 1. The van der Waals surface area contributed by atoms with Crippen molar-refractivity contribution in [1.29, 1.82) is 0 Å². The molecule has 1 heterocycles. The second-order valence-corrected chi connectivity index (χ2v) is 2.30. The summed E-state index contributed by atoms with van der Waals surface area (Å²) in [4.78, 5) is 14.5. The van der Waals surface area contributed by atoms with E-state index in [0.717, 1.165) is 0 Å². The van der Waals surface area contributed by atoms with E-state index in [1.54, 1.807) is 18.5 Å². The molecule has 0 atom stereocenters. The summed E-state index contributed by atoms with van der Waals surface area (Å²) < 4.78 is 1.75. The monoisotopic (exact) mass is 241 g/mol. The second-order valence-electron chi connectivity index (χ2n) is 2.30. The average Bonchev–Trinajstić information content (AvgIpc) is 1.96. The fourth-order valence-electron chi connectivity index (χ4n) is 0.840. The maximum absolute atomic E-state index is 10.8. The van der Waals surface area contributed by atoms with E-state index in [9.17, 15) is 4.79 Å². The molecule has 0 amide bonds. The molecular formula is C7H10N3OY-. The van der Waals surface area contributed by atoms with Crippen molar-refractivity contribution in [3.8, 4) is 0 Å². The first-order valence-corrected chi connectivity index (χ1v) is 3.31. The zero-order chi connectivity index (χ0) is 8.43. The van der Waals surface area contributed by atoms with E-state index in [1.165, 1.54) is 0 Å². The molecule has 5 heteroatoms. The van der Waals surface area contributed by atoms with Crippen LogP contribution in [-0.4, -0.2) is 9.55 Å². The zero-order valence-corrected chi connectivity index (χ0v) is 10.0. The van der Waals surface area contributed by atoms with E-state index >= 15 is 0 Å². The minimum absolute atomic E-state index is 0. The van der Waals surface area contributed by atoms with Crippen LogP contribution in [0.15, 0.2) is 4.79 Å². The Morgan fingerprint density at radius 1 is 1.67 bits per heavy atom. The van der Waals surface area contributed by atoms with Gasteiger partial charge in [-0.3, -0.25) is 0 Å². The Morgan fingerprint density at radius 2 is 2.25 bits per heavy atom. The summed E-state index contributed by atoms with van der Waals surface area (Å²) in [6, 6.07) is 2.54. The van der Waals surface area contributed by atoms with E-state index in [2.05, 4.69) is 11.1 Å². The van der Waals surface area contributed by atoms with Gasteiger partial charge in [0.2, 0.25) is 0 Å². The molecule has 0 fully saturated rings. The molecule has 2 N–H and O–H groups in total. The number of aryl methyl sites for hydroxylation is 1. The minimum Gasteiger partial charge on any atom is -0.380 e. The first-order valence-electron chi connectivity index (χ1n) is 3.31. The number of hydrogen-bond acceptors (Lipinski definition) is 3. The molecule has 1 rings (SSSR count). The molecule has 4 nitrogen and oxygen atoms in total. The quantitative estimate of drug-likeness (QED) is 0.664. The number of hydrogen-bond donors (Lipinski definition) is 1. The van der Waals surface area contributed by atoms with Crippen LogP contribution in [0.3, 0.4) is 0 Å². The molecule has 0 spiro atoms. The van der Waals surface area contributed by atoms with Gasteiger partial charge in [0.05, 0.1) is 5.56 Å². The first-order chi connectivity index (χ1) is 5.15. The molecule has 0 aliphatic carbocycles. The van der Waals surface area contributed by atoms with Gasteiger partial charge < -0.3 is 21.2 Å². The number of nitrogens with two attached hydrogens (primary N) is 1. The van der Waals surface area contributed by atoms with Crippen molar-refractivity contribution in [2.75, 3.05) is 0 Å². The van der Waals surface area contributed by atoms with Crippen molar-refractivity contribution in [3.05, 3.63) is 27.9 Å². The first kappa shape index (κ1) is 11.9. The van der Waals surface area contributed by atoms with Gasteiger partial charge in [0.15, 0.2) is 0 Å². The molecule has 0 saturated heterocycles. The Hall–Kier alpha value is -0.0561. The number of nitrogens with zero attached hydrogens (tertiary/aromatic N) is 2. The van der Waals surface area contributed by atoms with Crippen molar-refractivity contribution in [1.82, 2.24) is 9.55 Å². The molecule has 0 aliphatic heterocycles. The predicted molar refractivity (Wildman–Crippen MR) is 40.9 cm³/mol. The van der Waals surface area contributed by atoms with Crippen LogP contribution >= 0.6 is 0 Å². The summed E-state index contributed by atoms with van der Waals surface area (Å²) in [6.45, 7) is 2.07. The van der Waals surface area contributed by atoms with Gasteiger partial charge in [-0.25, -0.2) is 4.98 Å². The van der Waals surface area contributed by atoms with Gasteiger partial charge in [-0.05, 0) is 13.5 Å². The Bertz CT molecular complexity index is 321. The Balaban J connectivity index is 0.00000121. The summed E-state index contributed by atoms with van der Waals surface area (Å²) in [5, 5.41) is 0. The van der Waals surface area contributed by atoms with Crippen molar-refractivity contribution in [2.24, 2.45) is 12.8 Å². The van der Waals surface area contributed by atoms with E-state index in [1.807, 2.05) is 0 Å². The summed E-state index contributed by atoms with van der Waals surface area (Å²) >= 11 is 0. The van der Waals surface area contributed by atoms with Gasteiger partial charge in [-0.2, -0.15) is 0 Å². The molecule has 0 unspecified atom stereocenters. The maximum atomic E-state index is 10.8. The van der Waals surface area contributed by atoms with Crippen molar-refractivity contribution in [2.45, 2.75) is 13.5 Å². The topological polar surface area (TPSA) is 60.9 Å². The third kappa shape index (κ3) is 2.47. The SMILES string of the molecule is Cc1nc(=O)[c-]c(CN)n1C.[Y]. The number of aromatic nitrogens is 2. The average molecular weight is 241 g/mol. The molecule has 1 aromatic heterocycles. The molecule has 0 aliphatic rings. The standard InChI is InChI=1S/C7H10N3O.Y/c1-5-9-7(11)3-6(4-8)10(5)2;/h4,8H2,1-2H3;/q-1;. The van der Waals surface area contributed by atoms with Gasteiger partial charge in [0.1, 0.15) is 5.82 Å². The minimum atomic E-state index is -0.346. The second kappa shape index (κ2) is 4.85. The van der Waals surface area contributed by atoms with E-state index < -0.39 is 0 Å². The normalized spacial score (nSPS) is 9.25. The predicted octanol–water partition coefficient (Wildman–Crippen LogP) is -0.655. The van der Waals surface area contributed by atoms with Crippen molar-refractivity contribution < 1.29 is 32.7 Å². The van der Waals surface area contributed by atoms with Gasteiger partial charge in [-0.15, -0.1) is 5.69 Å². The Kier molecular flexibility index (Phi) is 4.82. The van der Waals surface area contributed by atoms with E-state index in [-0.39, 0.29) is 38.3 Å². The summed E-state index contributed by atoms with van der Waals surface area (Å²) in [7, 11) is 1.81. The van der Waals surface area contributed by atoms with Gasteiger partial charge in [-0.1, -0.05) is 0 Å². The van der Waals surface area contributed by atoms with E-state index in [4.69, 9.17) is 5.73 Å². The molecular weight excluding hydrogens is 231 g/mol. The van der Waals surface area contributed by atoms with Crippen LogP contribution in [0.1, 0.15) is 11.5 Å². The van der Waals surface area contributed by atoms with Crippen LogP contribution in [-0.2, 0) is 46.3 Å². The van der Waals surface area contributed by atoms with Crippen LogP contribution in [0.5, 0.6) is 0 Å².